The van der Waals surface area contributed by atoms with Crippen molar-refractivity contribution in [1.82, 2.24) is 24.9 Å². The van der Waals surface area contributed by atoms with Crippen molar-refractivity contribution >= 4 is 0 Å². The number of fused-ring (bicyclic) bond motifs is 2. The molecule has 0 spiro atoms. The van der Waals surface area contributed by atoms with E-state index in [2.05, 4.69) is 32.3 Å². The Kier molecular flexibility index (Phi) is 9.03. The van der Waals surface area contributed by atoms with E-state index >= 15 is 0 Å². The molecule has 3 aromatic rings. The third-order valence-electron chi connectivity index (χ3n) is 7.16. The van der Waals surface area contributed by atoms with Crippen molar-refractivity contribution in [2.45, 2.75) is 54.0 Å². The van der Waals surface area contributed by atoms with Crippen LogP contribution in [0, 0.1) is 24.7 Å². The molecule has 3 aliphatic rings. The van der Waals surface area contributed by atoms with Crippen molar-refractivity contribution in [3.05, 3.63) is 47.8 Å². The van der Waals surface area contributed by atoms with Gasteiger partial charge in [-0.25, -0.2) is 0 Å². The van der Waals surface area contributed by atoms with E-state index in [0.717, 1.165) is 66.5 Å². The molecule has 0 N–H and O–H groups in total. The van der Waals surface area contributed by atoms with Crippen molar-refractivity contribution in [3.63, 3.8) is 0 Å². The predicted octanol–water partition coefficient (Wildman–Crippen LogP) is 5.50. The van der Waals surface area contributed by atoms with Crippen molar-refractivity contribution < 1.29 is 14.2 Å². The van der Waals surface area contributed by atoms with E-state index in [-0.39, 0.29) is 0 Å². The van der Waals surface area contributed by atoms with Gasteiger partial charge >= 0.3 is 0 Å². The Morgan fingerprint density at radius 3 is 2.32 bits per heavy atom. The van der Waals surface area contributed by atoms with Crippen LogP contribution in [0.15, 0.2) is 36.5 Å². The number of nitrogens with zero attached hydrogens (tertiary/aromatic N) is 5. The van der Waals surface area contributed by atoms with E-state index in [1.807, 2.05) is 66.1 Å². The Hall–Kier alpha value is -3.13. The zero-order valence-electron chi connectivity index (χ0n) is 23.1. The van der Waals surface area contributed by atoms with Crippen LogP contribution in [0.5, 0.6) is 17.4 Å². The van der Waals surface area contributed by atoms with Crippen LogP contribution in [0.1, 0.15) is 51.8 Å². The lowest BCUT2D eigenvalue weighted by Crippen LogP contribution is -2.23. The van der Waals surface area contributed by atoms with E-state index in [9.17, 15) is 0 Å². The van der Waals surface area contributed by atoms with Crippen LogP contribution in [0.3, 0.4) is 0 Å². The normalized spacial score (nSPS) is 21.5. The number of hydrogen-bond donors (Lipinski definition) is 0. The molecule has 2 atom stereocenters. The summed E-state index contributed by atoms with van der Waals surface area (Å²) in [6, 6.07) is 10.2. The van der Waals surface area contributed by atoms with Crippen molar-refractivity contribution in [2.24, 2.45) is 24.8 Å². The van der Waals surface area contributed by atoms with E-state index in [0.29, 0.717) is 18.6 Å². The lowest BCUT2D eigenvalue weighted by Gasteiger charge is -2.19. The van der Waals surface area contributed by atoms with Gasteiger partial charge in [-0.3, -0.25) is 9.58 Å². The summed E-state index contributed by atoms with van der Waals surface area (Å²) < 4.78 is 18.8. The summed E-state index contributed by atoms with van der Waals surface area (Å²) in [4.78, 5) is 2.58. The minimum absolute atomic E-state index is 0.329. The van der Waals surface area contributed by atoms with Gasteiger partial charge < -0.3 is 14.2 Å². The number of aromatic nitrogens is 4. The highest BCUT2D eigenvalue weighted by Crippen LogP contribution is 2.42. The Morgan fingerprint density at radius 2 is 1.68 bits per heavy atom. The second kappa shape index (κ2) is 12.4. The summed E-state index contributed by atoms with van der Waals surface area (Å²) in [7, 11) is 1.91. The minimum Gasteiger partial charge on any atom is -0.476 e. The van der Waals surface area contributed by atoms with Crippen LogP contribution in [-0.2, 0) is 13.6 Å². The number of aryl methyl sites for hydroxylation is 2. The second-order valence-electron chi connectivity index (χ2n) is 9.61. The molecule has 1 saturated carbocycles. The van der Waals surface area contributed by atoms with Crippen LogP contribution in [-0.4, -0.2) is 51.4 Å². The van der Waals surface area contributed by atoms with Crippen LogP contribution in [0.25, 0.3) is 11.3 Å². The maximum atomic E-state index is 6.01. The molecule has 0 bridgehead atoms. The predicted molar refractivity (Wildman–Crippen MR) is 145 cm³/mol. The third-order valence-corrected chi connectivity index (χ3v) is 7.16. The summed E-state index contributed by atoms with van der Waals surface area (Å²) in [5.74, 6) is 4.43. The quantitative estimate of drug-likeness (QED) is 0.436. The summed E-state index contributed by atoms with van der Waals surface area (Å²) in [6.07, 6.45) is 4.42. The van der Waals surface area contributed by atoms with Crippen molar-refractivity contribution in [3.8, 4) is 28.6 Å². The van der Waals surface area contributed by atoms with Gasteiger partial charge in [0, 0.05) is 44.5 Å². The summed E-state index contributed by atoms with van der Waals surface area (Å²) in [6.45, 7) is 14.3. The van der Waals surface area contributed by atoms with Gasteiger partial charge in [0.1, 0.15) is 0 Å². The number of benzene rings is 1. The van der Waals surface area contributed by atoms with Gasteiger partial charge in [-0.1, -0.05) is 33.8 Å². The lowest BCUT2D eigenvalue weighted by atomic mass is 10.0. The molecule has 0 radical (unpaired) electrons. The first kappa shape index (κ1) is 26.9. The van der Waals surface area contributed by atoms with Crippen LogP contribution >= 0.6 is 0 Å². The number of ether oxygens (including phenoxy) is 3. The first-order valence-corrected chi connectivity index (χ1v) is 13.7. The Labute approximate surface area is 220 Å². The van der Waals surface area contributed by atoms with Crippen molar-refractivity contribution in [2.75, 3.05) is 26.5 Å². The highest BCUT2D eigenvalue weighted by Gasteiger charge is 2.41. The van der Waals surface area contributed by atoms with Crippen molar-refractivity contribution in [1.29, 1.82) is 0 Å². The maximum absolute atomic E-state index is 6.01. The summed E-state index contributed by atoms with van der Waals surface area (Å²) in [5, 5.41) is 13.0. The average Bonchev–Trinajstić information content (AvgIpc) is 3.69. The molecule has 2 unspecified atom stereocenters. The number of hydrogen-bond acceptors (Lipinski definition) is 7. The molecule has 1 aromatic carbocycles. The molecule has 2 aliphatic heterocycles. The Morgan fingerprint density at radius 1 is 0.946 bits per heavy atom. The minimum atomic E-state index is 0.329. The first-order valence-electron chi connectivity index (χ1n) is 13.7. The van der Waals surface area contributed by atoms with Gasteiger partial charge in [0.25, 0.3) is 0 Å². The largest absolute Gasteiger partial charge is 0.476 e. The lowest BCUT2D eigenvalue weighted by molar-refractivity contribution is 0.174. The van der Waals surface area contributed by atoms with Crippen LogP contribution in [0.4, 0.5) is 0 Å². The maximum Gasteiger partial charge on any atom is 0.233 e. The standard InChI is InChI=1S/C25H29N5O3.2C2H6/c1-16-21(13-29(2)28-16)22-4-6-25(27-26-22)31-14-18-7-19-11-30(12-20(19)8-18)10-17-3-5-23-24(9-17)33-15-32-23;2*1-2/h3-6,9,13,18-20H,7-8,10-12,14-15H2,1-2H3;2*1-2H3. The van der Waals surface area contributed by atoms with Gasteiger partial charge in [-0.15, -0.1) is 10.2 Å². The molecule has 8 nitrogen and oxygen atoms in total. The van der Waals surface area contributed by atoms with Gasteiger partial charge in [0.15, 0.2) is 11.5 Å². The number of rotatable bonds is 6. The molecule has 2 fully saturated rings. The first-order chi connectivity index (χ1) is 18.1. The summed E-state index contributed by atoms with van der Waals surface area (Å²) >= 11 is 0. The fraction of sp³-hybridized carbons (Fsp3) is 0.552. The molecular weight excluding hydrogens is 466 g/mol. The zero-order chi connectivity index (χ0) is 26.4. The third kappa shape index (κ3) is 6.24. The van der Waals surface area contributed by atoms with Crippen LogP contribution in [0.2, 0.25) is 0 Å². The molecule has 4 heterocycles. The average molecular weight is 508 g/mol. The van der Waals surface area contributed by atoms with E-state index in [1.54, 1.807) is 4.68 Å². The van der Waals surface area contributed by atoms with E-state index < -0.39 is 0 Å². The van der Waals surface area contributed by atoms with E-state index in [1.165, 1.54) is 18.4 Å². The summed E-state index contributed by atoms with van der Waals surface area (Å²) in [5.41, 5.74) is 4.07. The smallest absolute Gasteiger partial charge is 0.233 e. The monoisotopic (exact) mass is 507 g/mol. The SMILES string of the molecule is CC.CC.Cc1nn(C)cc1-c1ccc(OCC2CC3CN(Cc4ccc5c(c4)OCO5)CC3C2)nn1. The molecule has 1 aliphatic carbocycles. The van der Waals surface area contributed by atoms with Gasteiger partial charge in [0.05, 0.1) is 18.0 Å². The Balaban J connectivity index is 0.000000765. The van der Waals surface area contributed by atoms with E-state index in [4.69, 9.17) is 14.2 Å². The number of likely N-dealkylation sites (tertiary alicyclic amines) is 1. The van der Waals surface area contributed by atoms with Gasteiger partial charge in [-0.2, -0.15) is 5.10 Å². The second-order valence-corrected chi connectivity index (χ2v) is 9.61. The highest BCUT2D eigenvalue weighted by atomic mass is 16.7. The highest BCUT2D eigenvalue weighted by molar-refractivity contribution is 5.60. The zero-order valence-corrected chi connectivity index (χ0v) is 23.1. The fourth-order valence-electron chi connectivity index (χ4n) is 5.68. The fourth-order valence-corrected chi connectivity index (χ4v) is 5.68. The molecule has 1 saturated heterocycles. The molecule has 200 valence electrons. The molecule has 2 aromatic heterocycles. The van der Waals surface area contributed by atoms with Gasteiger partial charge in [0.2, 0.25) is 12.7 Å². The topological polar surface area (TPSA) is 74.5 Å². The molecule has 37 heavy (non-hydrogen) atoms. The molecule has 0 amide bonds. The molecular formula is C29H41N5O3. The molecule has 6 rings (SSSR count). The van der Waals surface area contributed by atoms with Gasteiger partial charge in [-0.05, 0) is 61.3 Å². The van der Waals surface area contributed by atoms with Crippen LogP contribution < -0.4 is 14.2 Å². The molecule has 8 heteroatoms. The Bertz CT molecular complexity index is 1130.